The minimum Gasteiger partial charge on any atom is -0.299 e. The molecule has 2 unspecified atom stereocenters. The van der Waals surface area contributed by atoms with Gasteiger partial charge in [-0.2, -0.15) is 0 Å². The van der Waals surface area contributed by atoms with Crippen molar-refractivity contribution in [3.05, 3.63) is 0 Å². The van der Waals surface area contributed by atoms with E-state index in [1.807, 2.05) is 0 Å². The zero-order valence-electron chi connectivity index (χ0n) is 7.94. The Balaban J connectivity index is 2.24. The zero-order chi connectivity index (χ0) is 8.60. The van der Waals surface area contributed by atoms with Gasteiger partial charge in [0.25, 0.3) is 0 Å². The van der Waals surface area contributed by atoms with Gasteiger partial charge in [-0.25, -0.2) is 0 Å². The van der Waals surface area contributed by atoms with Crippen LogP contribution in [0.5, 0.6) is 0 Å². The van der Waals surface area contributed by atoms with Crippen LogP contribution in [0.15, 0.2) is 0 Å². The van der Waals surface area contributed by atoms with E-state index in [4.69, 9.17) is 0 Å². The number of ketones is 1. The molecule has 0 aromatic carbocycles. The number of Topliss-reactive ketones (excluding diaryl/α,β-unsaturated/α-hetero) is 1. The van der Waals surface area contributed by atoms with Crippen molar-refractivity contribution < 1.29 is 4.79 Å². The van der Waals surface area contributed by atoms with Crippen molar-refractivity contribution in [2.24, 2.45) is 11.3 Å². The molecule has 1 heteroatoms. The molecule has 2 aliphatic rings. The molecular formula is C11H18O. The predicted octanol–water partition coefficient (Wildman–Crippen LogP) is 2.94. The van der Waals surface area contributed by atoms with E-state index >= 15 is 0 Å². The van der Waals surface area contributed by atoms with Gasteiger partial charge in [0.1, 0.15) is 5.78 Å². The maximum atomic E-state index is 11.9. The Morgan fingerprint density at radius 3 is 2.67 bits per heavy atom. The maximum Gasteiger partial charge on any atom is 0.141 e. The Morgan fingerprint density at radius 1 is 1.17 bits per heavy atom. The van der Waals surface area contributed by atoms with Crippen LogP contribution in [0.2, 0.25) is 0 Å². The lowest BCUT2D eigenvalue weighted by molar-refractivity contribution is -0.134. The van der Waals surface area contributed by atoms with Gasteiger partial charge in [-0.15, -0.1) is 0 Å². The van der Waals surface area contributed by atoms with Gasteiger partial charge in [0.2, 0.25) is 0 Å². The van der Waals surface area contributed by atoms with Crippen molar-refractivity contribution in [2.75, 3.05) is 0 Å². The second-order valence-electron chi connectivity index (χ2n) is 4.76. The van der Waals surface area contributed by atoms with Gasteiger partial charge < -0.3 is 0 Å². The molecule has 12 heavy (non-hydrogen) atoms. The molecule has 1 nitrogen and oxygen atoms in total. The second-order valence-corrected chi connectivity index (χ2v) is 4.76. The summed E-state index contributed by atoms with van der Waals surface area (Å²) in [5.74, 6) is 1.03. The topological polar surface area (TPSA) is 17.1 Å². The fourth-order valence-electron chi connectivity index (χ4n) is 2.92. The monoisotopic (exact) mass is 166 g/mol. The molecule has 0 amide bonds. The Bertz CT molecular complexity index is 197. The van der Waals surface area contributed by atoms with Crippen LogP contribution in [0.4, 0.5) is 0 Å². The molecule has 0 heterocycles. The second kappa shape index (κ2) is 2.86. The molecule has 2 fully saturated rings. The third-order valence-electron chi connectivity index (χ3n) is 3.78. The summed E-state index contributed by atoms with van der Waals surface area (Å²) in [7, 11) is 0. The third kappa shape index (κ3) is 1.19. The van der Waals surface area contributed by atoms with Gasteiger partial charge in [0.15, 0.2) is 0 Å². The molecular weight excluding hydrogens is 148 g/mol. The van der Waals surface area contributed by atoms with Gasteiger partial charge in [-0.05, 0) is 25.7 Å². The highest BCUT2D eigenvalue weighted by Crippen LogP contribution is 2.44. The third-order valence-corrected chi connectivity index (χ3v) is 3.78. The first-order valence-electron chi connectivity index (χ1n) is 5.27. The smallest absolute Gasteiger partial charge is 0.141 e. The molecule has 2 rings (SSSR count). The molecule has 68 valence electrons. The van der Waals surface area contributed by atoms with Gasteiger partial charge in [-0.1, -0.05) is 26.2 Å². The minimum atomic E-state index is 0.0828. The van der Waals surface area contributed by atoms with Crippen LogP contribution in [0.25, 0.3) is 0 Å². The normalized spacial score (nSPS) is 42.4. The number of rotatable bonds is 0. The highest BCUT2D eigenvalue weighted by atomic mass is 16.1. The summed E-state index contributed by atoms with van der Waals surface area (Å²) in [6.07, 6.45) is 8.51. The molecule has 2 bridgehead atoms. The van der Waals surface area contributed by atoms with Gasteiger partial charge in [-0.3, -0.25) is 4.79 Å². The van der Waals surface area contributed by atoms with E-state index in [1.54, 1.807) is 0 Å². The molecule has 0 aromatic heterocycles. The van der Waals surface area contributed by atoms with Crippen LogP contribution in [0.1, 0.15) is 51.9 Å². The first-order valence-corrected chi connectivity index (χ1v) is 5.27. The maximum absolute atomic E-state index is 11.9. The number of carbonyl (C=O) groups is 1. The Labute approximate surface area is 74.5 Å². The fourth-order valence-corrected chi connectivity index (χ4v) is 2.92. The Kier molecular flexibility index (Phi) is 1.97. The molecule has 0 saturated heterocycles. The van der Waals surface area contributed by atoms with Gasteiger partial charge in [0, 0.05) is 11.3 Å². The number of hydrogen-bond donors (Lipinski definition) is 0. The highest BCUT2D eigenvalue weighted by Gasteiger charge is 2.41. The van der Waals surface area contributed by atoms with E-state index < -0.39 is 0 Å². The lowest BCUT2D eigenvalue weighted by Gasteiger charge is -2.34. The standard InChI is InChI=1S/C11H18O/c1-11-7-3-2-5-9(10(11)12)6-4-8-11/h9H,2-8H2,1H3. The van der Waals surface area contributed by atoms with Crippen molar-refractivity contribution in [3.8, 4) is 0 Å². The summed E-state index contributed by atoms with van der Waals surface area (Å²) >= 11 is 0. The van der Waals surface area contributed by atoms with Crippen LogP contribution in [-0.4, -0.2) is 5.78 Å². The molecule has 2 aliphatic carbocycles. The summed E-state index contributed by atoms with van der Waals surface area (Å²) in [5.41, 5.74) is 0.0828. The largest absolute Gasteiger partial charge is 0.299 e. The molecule has 0 N–H and O–H groups in total. The van der Waals surface area contributed by atoms with E-state index in [0.29, 0.717) is 11.7 Å². The number of hydrogen-bond acceptors (Lipinski definition) is 1. The molecule has 0 aliphatic heterocycles. The molecule has 0 spiro atoms. The molecule has 0 aromatic rings. The molecule has 2 saturated carbocycles. The van der Waals surface area contributed by atoms with E-state index in [1.165, 1.54) is 32.1 Å². The van der Waals surface area contributed by atoms with Crippen molar-refractivity contribution in [1.82, 2.24) is 0 Å². The number of carbonyl (C=O) groups excluding carboxylic acids is 1. The summed E-state index contributed by atoms with van der Waals surface area (Å²) in [4.78, 5) is 11.9. The number of fused-ring (bicyclic) bond motifs is 2. The van der Waals surface area contributed by atoms with Crippen LogP contribution in [0.3, 0.4) is 0 Å². The van der Waals surface area contributed by atoms with Crippen molar-refractivity contribution >= 4 is 5.78 Å². The van der Waals surface area contributed by atoms with E-state index in [9.17, 15) is 4.79 Å². The lowest BCUT2D eigenvalue weighted by atomic mass is 9.69. The molecule has 2 atom stereocenters. The van der Waals surface area contributed by atoms with Crippen molar-refractivity contribution in [2.45, 2.75) is 51.9 Å². The predicted molar refractivity (Wildman–Crippen MR) is 48.9 cm³/mol. The lowest BCUT2D eigenvalue weighted by Crippen LogP contribution is -2.35. The first kappa shape index (κ1) is 8.28. The summed E-state index contributed by atoms with van der Waals surface area (Å²) in [6, 6.07) is 0. The van der Waals surface area contributed by atoms with Crippen LogP contribution < -0.4 is 0 Å². The van der Waals surface area contributed by atoms with Crippen molar-refractivity contribution in [3.63, 3.8) is 0 Å². The fraction of sp³-hybridized carbons (Fsp3) is 0.909. The van der Waals surface area contributed by atoms with Crippen LogP contribution >= 0.6 is 0 Å². The first-order chi connectivity index (χ1) is 5.72. The van der Waals surface area contributed by atoms with E-state index in [0.717, 1.165) is 12.8 Å². The SMILES string of the molecule is CC12CCCCC(CCC1)C2=O. The zero-order valence-corrected chi connectivity index (χ0v) is 7.94. The average Bonchev–Trinajstić information content (AvgIpc) is 2.18. The van der Waals surface area contributed by atoms with Crippen molar-refractivity contribution in [1.29, 1.82) is 0 Å². The Morgan fingerprint density at radius 2 is 1.83 bits per heavy atom. The molecule has 0 radical (unpaired) electrons. The highest BCUT2D eigenvalue weighted by molar-refractivity contribution is 5.87. The van der Waals surface area contributed by atoms with E-state index in [-0.39, 0.29) is 5.41 Å². The van der Waals surface area contributed by atoms with E-state index in [2.05, 4.69) is 6.92 Å². The van der Waals surface area contributed by atoms with Crippen LogP contribution in [0, 0.1) is 11.3 Å². The average molecular weight is 166 g/mol. The summed E-state index contributed by atoms with van der Waals surface area (Å²) in [6.45, 7) is 2.19. The van der Waals surface area contributed by atoms with Gasteiger partial charge in [0.05, 0.1) is 0 Å². The Hall–Kier alpha value is -0.330. The quantitative estimate of drug-likeness (QED) is 0.540. The summed E-state index contributed by atoms with van der Waals surface area (Å²) < 4.78 is 0. The minimum absolute atomic E-state index is 0.0828. The summed E-state index contributed by atoms with van der Waals surface area (Å²) in [5, 5.41) is 0. The van der Waals surface area contributed by atoms with Gasteiger partial charge >= 0.3 is 0 Å². The van der Waals surface area contributed by atoms with Crippen LogP contribution in [-0.2, 0) is 4.79 Å².